The van der Waals surface area contributed by atoms with E-state index in [1.165, 1.54) is 4.90 Å². The van der Waals surface area contributed by atoms with E-state index < -0.39 is 6.04 Å². The van der Waals surface area contributed by atoms with Crippen LogP contribution in [0.3, 0.4) is 0 Å². The minimum atomic E-state index is -0.440. The van der Waals surface area contributed by atoms with Crippen molar-refractivity contribution >= 4 is 29.1 Å². The number of aliphatic hydroxyl groups is 1. The van der Waals surface area contributed by atoms with E-state index in [0.29, 0.717) is 48.1 Å². The van der Waals surface area contributed by atoms with Crippen LogP contribution in [-0.4, -0.2) is 47.1 Å². The number of halogens is 1. The third kappa shape index (κ3) is 3.90. The van der Waals surface area contributed by atoms with Crippen LogP contribution in [0, 0.1) is 0 Å². The predicted octanol–water partition coefficient (Wildman–Crippen LogP) is 3.22. The highest BCUT2D eigenvalue weighted by Crippen LogP contribution is 2.30. The summed E-state index contributed by atoms with van der Waals surface area (Å²) in [5.41, 5.74) is 0.540. The number of aliphatic hydroxyl groups excluding tert-OH is 1. The number of carbonyl (C=O) groups excluding carboxylic acids is 2. The average molecular weight is 401 g/mol. The van der Waals surface area contributed by atoms with E-state index in [0.717, 1.165) is 0 Å². The fourth-order valence-electron chi connectivity index (χ4n) is 3.67. The molecule has 1 N–H and O–H groups in total. The summed E-state index contributed by atoms with van der Waals surface area (Å²) in [5, 5.41) is 10.3. The van der Waals surface area contributed by atoms with Crippen LogP contribution in [0.5, 0.6) is 11.5 Å². The summed E-state index contributed by atoms with van der Waals surface area (Å²) in [6.45, 7) is 1.26. The second kappa shape index (κ2) is 7.91. The molecule has 2 saturated heterocycles. The average Bonchev–Trinajstić information content (AvgIpc) is 2.99. The van der Waals surface area contributed by atoms with Gasteiger partial charge in [0.05, 0.1) is 24.3 Å². The highest BCUT2D eigenvalue weighted by molar-refractivity contribution is 6.30. The van der Waals surface area contributed by atoms with E-state index in [1.807, 2.05) is 4.90 Å². The number of anilines is 1. The molecule has 4 rings (SSSR count). The quantitative estimate of drug-likeness (QED) is 0.798. The smallest absolute Gasteiger partial charge is 0.251 e. The van der Waals surface area contributed by atoms with Gasteiger partial charge in [-0.05, 0) is 61.4 Å². The first-order valence-electron chi connectivity index (χ1n) is 9.33. The molecule has 2 aromatic carbocycles. The second-order valence-corrected chi connectivity index (χ2v) is 7.54. The first-order valence-corrected chi connectivity index (χ1v) is 9.71. The number of ether oxygens (including phenoxy) is 1. The van der Waals surface area contributed by atoms with Gasteiger partial charge in [-0.25, -0.2) is 4.90 Å². The minimum Gasteiger partial charge on any atom is -0.457 e. The molecule has 0 spiro atoms. The lowest BCUT2D eigenvalue weighted by Gasteiger charge is -2.32. The zero-order chi connectivity index (χ0) is 19.7. The third-order valence-electron chi connectivity index (χ3n) is 5.21. The molecule has 2 fully saturated rings. The largest absolute Gasteiger partial charge is 0.457 e. The van der Waals surface area contributed by atoms with E-state index in [9.17, 15) is 14.7 Å². The number of likely N-dealkylation sites (tertiary alicyclic amines) is 1. The Morgan fingerprint density at radius 1 is 0.929 bits per heavy atom. The molecule has 28 heavy (non-hydrogen) atoms. The SMILES string of the molecule is O=C1CC(N2CCC(O)CC2)C(=O)N1c1ccc(Oc2ccc(Cl)cc2)cc1. The molecule has 0 bridgehead atoms. The number of benzene rings is 2. The number of hydrogen-bond donors (Lipinski definition) is 1. The Hall–Kier alpha value is -2.41. The summed E-state index contributed by atoms with van der Waals surface area (Å²) in [7, 11) is 0. The summed E-state index contributed by atoms with van der Waals surface area (Å²) < 4.78 is 5.75. The third-order valence-corrected chi connectivity index (χ3v) is 5.46. The number of piperidine rings is 1. The molecule has 2 aliphatic rings. The molecule has 2 amide bonds. The lowest BCUT2D eigenvalue weighted by atomic mass is 10.1. The van der Waals surface area contributed by atoms with Crippen molar-refractivity contribution in [2.45, 2.75) is 31.4 Å². The van der Waals surface area contributed by atoms with Gasteiger partial charge in [0.1, 0.15) is 11.5 Å². The van der Waals surface area contributed by atoms with Gasteiger partial charge >= 0.3 is 0 Å². The summed E-state index contributed by atoms with van der Waals surface area (Å²) in [6.07, 6.45) is 1.13. The van der Waals surface area contributed by atoms with E-state index in [4.69, 9.17) is 16.3 Å². The van der Waals surface area contributed by atoms with Gasteiger partial charge in [0.2, 0.25) is 5.91 Å². The van der Waals surface area contributed by atoms with Crippen molar-refractivity contribution in [3.8, 4) is 11.5 Å². The molecule has 146 valence electrons. The molecule has 2 heterocycles. The Kier molecular flexibility index (Phi) is 5.35. The fourth-order valence-corrected chi connectivity index (χ4v) is 3.80. The van der Waals surface area contributed by atoms with Crippen LogP contribution in [0.15, 0.2) is 48.5 Å². The number of carbonyl (C=O) groups is 2. The highest BCUT2D eigenvalue weighted by atomic mass is 35.5. The van der Waals surface area contributed by atoms with Crippen molar-refractivity contribution in [1.82, 2.24) is 4.90 Å². The van der Waals surface area contributed by atoms with Crippen molar-refractivity contribution in [1.29, 1.82) is 0 Å². The lowest BCUT2D eigenvalue weighted by Crippen LogP contribution is -2.46. The van der Waals surface area contributed by atoms with Crippen LogP contribution in [0.2, 0.25) is 5.02 Å². The van der Waals surface area contributed by atoms with Gasteiger partial charge < -0.3 is 9.84 Å². The van der Waals surface area contributed by atoms with Crippen LogP contribution in [0.25, 0.3) is 0 Å². The second-order valence-electron chi connectivity index (χ2n) is 7.10. The molecule has 2 aliphatic heterocycles. The minimum absolute atomic E-state index is 0.179. The van der Waals surface area contributed by atoms with Crippen molar-refractivity contribution < 1.29 is 19.4 Å². The molecule has 6 nitrogen and oxygen atoms in total. The first kappa shape index (κ1) is 18.9. The van der Waals surface area contributed by atoms with Crippen molar-refractivity contribution in [2.24, 2.45) is 0 Å². The monoisotopic (exact) mass is 400 g/mol. The Labute approximate surface area is 168 Å². The maximum absolute atomic E-state index is 12.9. The van der Waals surface area contributed by atoms with Gasteiger partial charge in [-0.2, -0.15) is 0 Å². The van der Waals surface area contributed by atoms with Gasteiger partial charge in [0, 0.05) is 18.1 Å². The number of imide groups is 1. The van der Waals surface area contributed by atoms with Crippen molar-refractivity contribution in [2.75, 3.05) is 18.0 Å². The summed E-state index contributed by atoms with van der Waals surface area (Å²) >= 11 is 5.87. The number of amides is 2. The van der Waals surface area contributed by atoms with Crippen LogP contribution in [0.4, 0.5) is 5.69 Å². The maximum atomic E-state index is 12.9. The molecular formula is C21H21ClN2O4. The Morgan fingerprint density at radius 2 is 1.50 bits per heavy atom. The number of nitrogens with zero attached hydrogens (tertiary/aromatic N) is 2. The van der Waals surface area contributed by atoms with Crippen LogP contribution in [-0.2, 0) is 9.59 Å². The van der Waals surface area contributed by atoms with E-state index >= 15 is 0 Å². The Balaban J connectivity index is 1.45. The van der Waals surface area contributed by atoms with E-state index in [-0.39, 0.29) is 24.3 Å². The molecule has 7 heteroatoms. The predicted molar refractivity (Wildman–Crippen MR) is 106 cm³/mol. The molecule has 0 aliphatic carbocycles. The van der Waals surface area contributed by atoms with E-state index in [2.05, 4.69) is 0 Å². The maximum Gasteiger partial charge on any atom is 0.251 e. The van der Waals surface area contributed by atoms with Crippen molar-refractivity contribution in [3.63, 3.8) is 0 Å². The van der Waals surface area contributed by atoms with Gasteiger partial charge in [-0.3, -0.25) is 14.5 Å². The molecule has 1 unspecified atom stereocenters. The standard InChI is InChI=1S/C21H21ClN2O4/c22-14-1-5-17(6-2-14)28-18-7-3-15(4-8-18)24-20(26)13-19(21(24)27)23-11-9-16(25)10-12-23/h1-8,16,19,25H,9-13H2. The molecule has 0 saturated carbocycles. The van der Waals surface area contributed by atoms with Gasteiger partial charge in [0.15, 0.2) is 0 Å². The van der Waals surface area contributed by atoms with Gasteiger partial charge in [-0.15, -0.1) is 0 Å². The normalized spacial score (nSPS) is 21.4. The van der Waals surface area contributed by atoms with Gasteiger partial charge in [-0.1, -0.05) is 11.6 Å². The number of rotatable bonds is 4. The highest BCUT2D eigenvalue weighted by Gasteiger charge is 2.43. The molecular weight excluding hydrogens is 380 g/mol. The molecule has 2 aromatic rings. The summed E-state index contributed by atoms with van der Waals surface area (Å²) in [4.78, 5) is 28.6. The zero-order valence-corrected chi connectivity index (χ0v) is 16.0. The first-order chi connectivity index (χ1) is 13.5. The van der Waals surface area contributed by atoms with E-state index in [1.54, 1.807) is 48.5 Å². The number of hydrogen-bond acceptors (Lipinski definition) is 5. The van der Waals surface area contributed by atoms with Crippen molar-refractivity contribution in [3.05, 3.63) is 53.6 Å². The lowest BCUT2D eigenvalue weighted by molar-refractivity contribution is -0.123. The Bertz CT molecular complexity index is 861. The summed E-state index contributed by atoms with van der Waals surface area (Å²) in [6, 6.07) is 13.5. The summed E-state index contributed by atoms with van der Waals surface area (Å²) in [5.74, 6) is 0.852. The van der Waals surface area contributed by atoms with Crippen LogP contribution < -0.4 is 9.64 Å². The topological polar surface area (TPSA) is 70.1 Å². The van der Waals surface area contributed by atoms with Gasteiger partial charge in [0.25, 0.3) is 5.91 Å². The van der Waals surface area contributed by atoms with Crippen LogP contribution >= 0.6 is 11.6 Å². The molecule has 0 radical (unpaired) electrons. The molecule has 0 aromatic heterocycles. The molecule has 1 atom stereocenters. The zero-order valence-electron chi connectivity index (χ0n) is 15.3. The Morgan fingerprint density at radius 3 is 2.11 bits per heavy atom. The van der Waals surface area contributed by atoms with Crippen LogP contribution in [0.1, 0.15) is 19.3 Å². The fraction of sp³-hybridized carbons (Fsp3) is 0.333.